The fourth-order valence-corrected chi connectivity index (χ4v) is 2.22. The van der Waals surface area contributed by atoms with Gasteiger partial charge in [0, 0.05) is 6.61 Å². The number of hydrogen-bond acceptors (Lipinski definition) is 4. The minimum atomic E-state index is 0.189. The van der Waals surface area contributed by atoms with Crippen molar-refractivity contribution in [3.63, 3.8) is 0 Å². The van der Waals surface area contributed by atoms with E-state index in [-0.39, 0.29) is 6.61 Å². The minimum Gasteiger partial charge on any atom is -0.497 e. The zero-order valence-electron chi connectivity index (χ0n) is 9.95. The summed E-state index contributed by atoms with van der Waals surface area (Å²) in [5.41, 5.74) is 1.08. The second kappa shape index (κ2) is 6.66. The molecule has 1 aromatic carbocycles. The van der Waals surface area contributed by atoms with Gasteiger partial charge in [0.25, 0.3) is 0 Å². The van der Waals surface area contributed by atoms with Gasteiger partial charge in [-0.25, -0.2) is 0 Å². The SMILES string of the molecule is COc1cc(CCCO)c(OC)c(SC)c1. The van der Waals surface area contributed by atoms with Crippen LogP contribution in [0, 0.1) is 0 Å². The van der Waals surface area contributed by atoms with E-state index in [4.69, 9.17) is 14.6 Å². The number of hydrogen-bond donors (Lipinski definition) is 1. The highest BCUT2D eigenvalue weighted by molar-refractivity contribution is 7.98. The molecule has 90 valence electrons. The van der Waals surface area contributed by atoms with E-state index in [1.165, 1.54) is 0 Å². The number of ether oxygens (including phenoxy) is 2. The Morgan fingerprint density at radius 1 is 1.25 bits per heavy atom. The normalized spacial score (nSPS) is 10.2. The summed E-state index contributed by atoms with van der Waals surface area (Å²) in [6.45, 7) is 0.189. The Morgan fingerprint density at radius 3 is 2.50 bits per heavy atom. The summed E-state index contributed by atoms with van der Waals surface area (Å²) in [6.07, 6.45) is 3.54. The predicted octanol–water partition coefficient (Wildman–Crippen LogP) is 2.35. The van der Waals surface area contributed by atoms with Gasteiger partial charge in [0.05, 0.1) is 19.1 Å². The van der Waals surface area contributed by atoms with Crippen LogP contribution in [0.1, 0.15) is 12.0 Å². The van der Waals surface area contributed by atoms with E-state index >= 15 is 0 Å². The molecule has 0 heterocycles. The van der Waals surface area contributed by atoms with Crippen LogP contribution in [0.15, 0.2) is 17.0 Å². The molecule has 0 spiro atoms. The van der Waals surface area contributed by atoms with Crippen LogP contribution in [0.25, 0.3) is 0 Å². The van der Waals surface area contributed by atoms with Crippen molar-refractivity contribution in [2.75, 3.05) is 27.1 Å². The van der Waals surface area contributed by atoms with Gasteiger partial charge in [-0.3, -0.25) is 0 Å². The van der Waals surface area contributed by atoms with Gasteiger partial charge >= 0.3 is 0 Å². The summed E-state index contributed by atoms with van der Waals surface area (Å²) >= 11 is 1.63. The van der Waals surface area contributed by atoms with Gasteiger partial charge in [0.15, 0.2) is 0 Å². The van der Waals surface area contributed by atoms with Gasteiger partial charge in [0.2, 0.25) is 0 Å². The van der Waals surface area contributed by atoms with Crippen molar-refractivity contribution >= 4 is 11.8 Å². The minimum absolute atomic E-state index is 0.189. The molecule has 0 saturated heterocycles. The number of methoxy groups -OCH3 is 2. The summed E-state index contributed by atoms with van der Waals surface area (Å²) in [6, 6.07) is 3.93. The molecule has 1 aromatic rings. The zero-order valence-corrected chi connectivity index (χ0v) is 10.8. The van der Waals surface area contributed by atoms with E-state index in [2.05, 4.69) is 0 Å². The molecule has 4 heteroatoms. The van der Waals surface area contributed by atoms with E-state index in [0.717, 1.165) is 34.8 Å². The van der Waals surface area contributed by atoms with E-state index in [1.54, 1.807) is 26.0 Å². The van der Waals surface area contributed by atoms with E-state index in [0.29, 0.717) is 0 Å². The van der Waals surface area contributed by atoms with Gasteiger partial charge in [-0.15, -0.1) is 11.8 Å². The molecule has 0 amide bonds. The Labute approximate surface area is 101 Å². The molecule has 0 radical (unpaired) electrons. The first-order valence-electron chi connectivity index (χ1n) is 5.16. The first-order valence-corrected chi connectivity index (χ1v) is 6.39. The molecule has 0 saturated carbocycles. The Balaban J connectivity index is 3.09. The molecule has 16 heavy (non-hydrogen) atoms. The average molecular weight is 242 g/mol. The maximum Gasteiger partial charge on any atom is 0.135 e. The van der Waals surface area contributed by atoms with Crippen LogP contribution in [0.2, 0.25) is 0 Å². The maximum absolute atomic E-state index is 8.87. The standard InChI is InChI=1S/C12H18O3S/c1-14-10-7-9(5-4-6-13)12(15-2)11(8-10)16-3/h7-8,13H,4-6H2,1-3H3. The third-order valence-corrected chi connectivity index (χ3v) is 3.11. The number of thioether (sulfide) groups is 1. The van der Waals surface area contributed by atoms with E-state index in [9.17, 15) is 0 Å². The molecule has 3 nitrogen and oxygen atoms in total. The lowest BCUT2D eigenvalue weighted by Gasteiger charge is -2.14. The quantitative estimate of drug-likeness (QED) is 0.777. The van der Waals surface area contributed by atoms with Crippen LogP contribution in [0.3, 0.4) is 0 Å². The smallest absolute Gasteiger partial charge is 0.135 e. The molecular formula is C12H18O3S. The molecule has 0 fully saturated rings. The largest absolute Gasteiger partial charge is 0.497 e. The molecule has 0 atom stereocenters. The molecule has 0 aromatic heterocycles. The van der Waals surface area contributed by atoms with Crippen LogP contribution >= 0.6 is 11.8 Å². The fraction of sp³-hybridized carbons (Fsp3) is 0.500. The van der Waals surface area contributed by atoms with Crippen LogP contribution in [-0.4, -0.2) is 32.2 Å². The van der Waals surface area contributed by atoms with E-state index in [1.807, 2.05) is 18.4 Å². The van der Waals surface area contributed by atoms with Crippen molar-refractivity contribution in [1.29, 1.82) is 0 Å². The third kappa shape index (κ3) is 3.06. The first-order chi connectivity index (χ1) is 7.76. The molecule has 0 aliphatic heterocycles. The third-order valence-electron chi connectivity index (χ3n) is 2.37. The van der Waals surface area contributed by atoms with Crippen LogP contribution < -0.4 is 9.47 Å². The number of aliphatic hydroxyl groups excluding tert-OH is 1. The lowest BCUT2D eigenvalue weighted by Crippen LogP contribution is -1.98. The monoisotopic (exact) mass is 242 g/mol. The highest BCUT2D eigenvalue weighted by atomic mass is 32.2. The lowest BCUT2D eigenvalue weighted by atomic mass is 10.1. The van der Waals surface area contributed by atoms with Gasteiger partial charge < -0.3 is 14.6 Å². The number of aliphatic hydroxyl groups is 1. The van der Waals surface area contributed by atoms with Gasteiger partial charge in [-0.05, 0) is 36.8 Å². The number of rotatable bonds is 6. The molecule has 1 N–H and O–H groups in total. The maximum atomic E-state index is 8.87. The molecule has 0 unspecified atom stereocenters. The molecular weight excluding hydrogens is 224 g/mol. The van der Waals surface area contributed by atoms with Gasteiger partial charge in [-0.2, -0.15) is 0 Å². The molecule has 1 rings (SSSR count). The molecule has 0 bridgehead atoms. The summed E-state index contributed by atoms with van der Waals surface area (Å²) in [5.74, 6) is 1.72. The van der Waals surface area contributed by atoms with Crippen molar-refractivity contribution < 1.29 is 14.6 Å². The second-order valence-corrected chi connectivity index (χ2v) is 4.20. The van der Waals surface area contributed by atoms with Crippen molar-refractivity contribution in [3.05, 3.63) is 17.7 Å². The Hall–Kier alpha value is -0.870. The zero-order chi connectivity index (χ0) is 12.0. The van der Waals surface area contributed by atoms with Crippen LogP contribution in [-0.2, 0) is 6.42 Å². The predicted molar refractivity (Wildman–Crippen MR) is 66.7 cm³/mol. The van der Waals surface area contributed by atoms with E-state index < -0.39 is 0 Å². The summed E-state index contributed by atoms with van der Waals surface area (Å²) < 4.78 is 10.7. The Morgan fingerprint density at radius 2 is 2.00 bits per heavy atom. The van der Waals surface area contributed by atoms with Crippen molar-refractivity contribution in [2.45, 2.75) is 17.7 Å². The van der Waals surface area contributed by atoms with Gasteiger partial charge in [-0.1, -0.05) is 0 Å². The average Bonchev–Trinajstić information content (AvgIpc) is 2.34. The molecule has 0 aliphatic rings. The highest BCUT2D eigenvalue weighted by Gasteiger charge is 2.11. The fourth-order valence-electron chi connectivity index (χ4n) is 1.59. The summed E-state index contributed by atoms with van der Waals surface area (Å²) in [5, 5.41) is 8.87. The first kappa shape index (κ1) is 13.2. The number of aryl methyl sites for hydroxylation is 1. The molecule has 0 aliphatic carbocycles. The highest BCUT2D eigenvalue weighted by Crippen LogP contribution is 2.35. The summed E-state index contributed by atoms with van der Waals surface area (Å²) in [7, 11) is 3.33. The van der Waals surface area contributed by atoms with Crippen molar-refractivity contribution in [3.8, 4) is 11.5 Å². The Bertz CT molecular complexity index is 339. The Kier molecular flexibility index (Phi) is 5.49. The van der Waals surface area contributed by atoms with Crippen molar-refractivity contribution in [1.82, 2.24) is 0 Å². The van der Waals surface area contributed by atoms with Gasteiger partial charge in [0.1, 0.15) is 11.5 Å². The summed E-state index contributed by atoms with van der Waals surface area (Å²) in [4.78, 5) is 1.06. The van der Waals surface area contributed by atoms with Crippen molar-refractivity contribution in [2.24, 2.45) is 0 Å². The number of benzene rings is 1. The van der Waals surface area contributed by atoms with Crippen LogP contribution in [0.4, 0.5) is 0 Å². The second-order valence-electron chi connectivity index (χ2n) is 3.35. The topological polar surface area (TPSA) is 38.7 Å². The van der Waals surface area contributed by atoms with Crippen LogP contribution in [0.5, 0.6) is 11.5 Å². The lowest BCUT2D eigenvalue weighted by molar-refractivity contribution is 0.287.